The lowest BCUT2D eigenvalue weighted by Gasteiger charge is -2.09. The maximum Gasteiger partial charge on any atom is 0.313 e. The smallest absolute Gasteiger partial charge is 0.313 e. The topological polar surface area (TPSA) is 101 Å². The second kappa shape index (κ2) is 6.55. The van der Waals surface area contributed by atoms with Crippen molar-refractivity contribution in [1.29, 1.82) is 0 Å². The molecule has 0 spiro atoms. The van der Waals surface area contributed by atoms with Gasteiger partial charge in [0.05, 0.1) is 13.2 Å². The molecule has 2 amide bonds. The zero-order valence-corrected chi connectivity index (χ0v) is 10.1. The van der Waals surface area contributed by atoms with Crippen LogP contribution in [0.5, 0.6) is 5.88 Å². The first-order valence-electron chi connectivity index (χ1n) is 5.31. The number of carbonyl (C=O) groups is 2. The van der Waals surface area contributed by atoms with E-state index in [0.29, 0.717) is 5.69 Å². The number of rotatable bonds is 4. The van der Waals surface area contributed by atoms with E-state index >= 15 is 0 Å². The van der Waals surface area contributed by atoms with Gasteiger partial charge in [-0.2, -0.15) is 0 Å². The predicted molar refractivity (Wildman–Crippen MR) is 64.1 cm³/mol. The van der Waals surface area contributed by atoms with E-state index < -0.39 is 17.9 Å². The summed E-state index contributed by atoms with van der Waals surface area (Å²) in [7, 11) is 1.41. The van der Waals surface area contributed by atoms with Gasteiger partial charge in [-0.15, -0.1) is 0 Å². The Morgan fingerprint density at radius 2 is 2.22 bits per heavy atom. The minimum Gasteiger partial charge on any atom is -0.480 e. The lowest BCUT2D eigenvalue weighted by Crippen LogP contribution is -2.38. The van der Waals surface area contributed by atoms with E-state index in [4.69, 9.17) is 9.84 Å². The fourth-order valence-electron chi connectivity index (χ4n) is 1.15. The van der Waals surface area contributed by atoms with E-state index in [0.717, 1.165) is 0 Å². The number of nitrogens with one attached hydrogen (secondary N) is 2. The summed E-state index contributed by atoms with van der Waals surface area (Å²) in [5.74, 6) is -1.46. The van der Waals surface area contributed by atoms with Crippen LogP contribution in [0.25, 0.3) is 0 Å². The fraction of sp³-hybridized carbons (Fsp3) is 0.364. The van der Waals surface area contributed by atoms with Crippen LogP contribution in [0, 0.1) is 0 Å². The van der Waals surface area contributed by atoms with Crippen LogP contribution in [0.3, 0.4) is 0 Å². The molecule has 0 aliphatic heterocycles. The number of aliphatic hydroxyl groups excluding tert-OH is 1. The highest BCUT2D eigenvalue weighted by Crippen LogP contribution is 2.19. The Morgan fingerprint density at radius 3 is 2.83 bits per heavy atom. The molecule has 3 N–H and O–H groups in total. The monoisotopic (exact) mass is 253 g/mol. The molecule has 0 fully saturated rings. The summed E-state index contributed by atoms with van der Waals surface area (Å²) in [5, 5.41) is 13.6. The van der Waals surface area contributed by atoms with Gasteiger partial charge in [0.25, 0.3) is 0 Å². The SMILES string of the molecule is COc1ncccc1NC(=O)C(=O)NCC(C)O. The third kappa shape index (κ3) is 4.02. The maximum atomic E-state index is 11.5. The predicted octanol–water partition coefficient (Wildman–Crippen LogP) is -0.474. The molecule has 0 radical (unpaired) electrons. The highest BCUT2D eigenvalue weighted by Gasteiger charge is 2.16. The first-order chi connectivity index (χ1) is 8.54. The lowest BCUT2D eigenvalue weighted by atomic mass is 10.3. The highest BCUT2D eigenvalue weighted by atomic mass is 16.5. The van der Waals surface area contributed by atoms with Gasteiger partial charge in [0, 0.05) is 12.7 Å². The molecule has 0 saturated heterocycles. The summed E-state index contributed by atoms with van der Waals surface area (Å²) in [6, 6.07) is 3.16. The fourth-order valence-corrected chi connectivity index (χ4v) is 1.15. The number of hydrogen-bond donors (Lipinski definition) is 3. The summed E-state index contributed by atoms with van der Waals surface area (Å²) in [5.41, 5.74) is 0.303. The number of methoxy groups -OCH3 is 1. The highest BCUT2D eigenvalue weighted by molar-refractivity contribution is 6.39. The number of hydrogen-bond acceptors (Lipinski definition) is 5. The van der Waals surface area contributed by atoms with Crippen LogP contribution in [0.4, 0.5) is 5.69 Å². The van der Waals surface area contributed by atoms with Gasteiger partial charge in [0.1, 0.15) is 5.69 Å². The van der Waals surface area contributed by atoms with Crippen molar-refractivity contribution in [3.05, 3.63) is 18.3 Å². The van der Waals surface area contributed by atoms with Gasteiger partial charge in [-0.1, -0.05) is 0 Å². The van der Waals surface area contributed by atoms with Crippen molar-refractivity contribution in [2.45, 2.75) is 13.0 Å². The molecule has 0 aliphatic carbocycles. The molecule has 18 heavy (non-hydrogen) atoms. The van der Waals surface area contributed by atoms with Crippen LogP contribution < -0.4 is 15.4 Å². The molecule has 1 heterocycles. The minimum atomic E-state index is -0.845. The van der Waals surface area contributed by atoms with Crippen molar-refractivity contribution in [1.82, 2.24) is 10.3 Å². The molecule has 0 aliphatic rings. The van der Waals surface area contributed by atoms with Crippen LogP contribution in [-0.2, 0) is 9.59 Å². The van der Waals surface area contributed by atoms with E-state index in [-0.39, 0.29) is 12.4 Å². The molecule has 1 rings (SSSR count). The Bertz CT molecular complexity index is 434. The van der Waals surface area contributed by atoms with Crippen molar-refractivity contribution in [3.8, 4) is 5.88 Å². The summed E-state index contributed by atoms with van der Waals surface area (Å²) in [4.78, 5) is 26.7. The molecule has 1 aromatic rings. The van der Waals surface area contributed by atoms with Crippen molar-refractivity contribution in [3.63, 3.8) is 0 Å². The van der Waals surface area contributed by atoms with E-state index in [1.165, 1.54) is 20.2 Å². The number of aliphatic hydroxyl groups is 1. The zero-order valence-electron chi connectivity index (χ0n) is 10.1. The third-order valence-electron chi connectivity index (χ3n) is 1.98. The van der Waals surface area contributed by atoms with Gasteiger partial charge < -0.3 is 20.5 Å². The van der Waals surface area contributed by atoms with Gasteiger partial charge >= 0.3 is 11.8 Å². The number of amides is 2. The molecule has 7 heteroatoms. The lowest BCUT2D eigenvalue weighted by molar-refractivity contribution is -0.136. The average molecular weight is 253 g/mol. The average Bonchev–Trinajstić information content (AvgIpc) is 2.36. The molecule has 1 atom stereocenters. The Balaban J connectivity index is 2.61. The number of anilines is 1. The Morgan fingerprint density at radius 1 is 1.50 bits per heavy atom. The normalized spacial score (nSPS) is 11.5. The molecule has 7 nitrogen and oxygen atoms in total. The second-order valence-electron chi connectivity index (χ2n) is 3.57. The van der Waals surface area contributed by atoms with Crippen molar-refractivity contribution < 1.29 is 19.4 Å². The molecule has 0 bridgehead atoms. The van der Waals surface area contributed by atoms with Gasteiger partial charge in [-0.3, -0.25) is 9.59 Å². The van der Waals surface area contributed by atoms with Crippen LogP contribution in [0.2, 0.25) is 0 Å². The summed E-state index contributed by atoms with van der Waals surface area (Å²) >= 11 is 0. The number of pyridine rings is 1. The molecule has 98 valence electrons. The Labute approximate surface area is 104 Å². The van der Waals surface area contributed by atoms with Crippen LogP contribution in [0.15, 0.2) is 18.3 Å². The van der Waals surface area contributed by atoms with Crippen LogP contribution in [-0.4, -0.2) is 41.7 Å². The molecule has 1 unspecified atom stereocenters. The minimum absolute atomic E-state index is 0.0103. The van der Waals surface area contributed by atoms with Crippen molar-refractivity contribution >= 4 is 17.5 Å². The standard InChI is InChI=1S/C11H15N3O4/c1-7(15)6-13-9(16)10(17)14-8-4-3-5-12-11(8)18-2/h3-5,7,15H,6H2,1-2H3,(H,13,16)(H,14,17). The van der Waals surface area contributed by atoms with Crippen molar-refractivity contribution in [2.75, 3.05) is 19.0 Å². The van der Waals surface area contributed by atoms with Crippen LogP contribution >= 0.6 is 0 Å². The first-order valence-corrected chi connectivity index (χ1v) is 5.31. The Hall–Kier alpha value is -2.15. The van der Waals surface area contributed by atoms with E-state index in [1.807, 2.05) is 0 Å². The van der Waals surface area contributed by atoms with E-state index in [9.17, 15) is 9.59 Å². The maximum absolute atomic E-state index is 11.5. The molecular formula is C11H15N3O4. The number of carbonyl (C=O) groups excluding carboxylic acids is 2. The Kier molecular flexibility index (Phi) is 5.06. The molecule has 1 aromatic heterocycles. The summed E-state index contributed by atoms with van der Waals surface area (Å²) in [6.07, 6.45) is 0.789. The van der Waals surface area contributed by atoms with Gasteiger partial charge in [0.15, 0.2) is 0 Å². The van der Waals surface area contributed by atoms with Gasteiger partial charge in [-0.05, 0) is 19.1 Å². The van der Waals surface area contributed by atoms with Crippen LogP contribution in [0.1, 0.15) is 6.92 Å². The summed E-state index contributed by atoms with van der Waals surface area (Å²) < 4.78 is 4.93. The largest absolute Gasteiger partial charge is 0.480 e. The van der Waals surface area contributed by atoms with Gasteiger partial charge in [-0.25, -0.2) is 4.98 Å². The number of ether oxygens (including phenoxy) is 1. The molecule has 0 saturated carbocycles. The zero-order chi connectivity index (χ0) is 13.5. The quantitative estimate of drug-likeness (QED) is 0.629. The first kappa shape index (κ1) is 13.9. The second-order valence-corrected chi connectivity index (χ2v) is 3.57. The molecular weight excluding hydrogens is 238 g/mol. The summed E-state index contributed by atoms with van der Waals surface area (Å²) in [6.45, 7) is 1.51. The third-order valence-corrected chi connectivity index (χ3v) is 1.98. The molecule has 0 aromatic carbocycles. The number of aromatic nitrogens is 1. The van der Waals surface area contributed by atoms with E-state index in [2.05, 4.69) is 15.6 Å². The van der Waals surface area contributed by atoms with E-state index in [1.54, 1.807) is 12.1 Å². The van der Waals surface area contributed by atoms with Gasteiger partial charge in [0.2, 0.25) is 5.88 Å². The van der Waals surface area contributed by atoms with Crippen molar-refractivity contribution in [2.24, 2.45) is 0 Å². The number of nitrogens with zero attached hydrogens (tertiary/aromatic N) is 1.